The van der Waals surface area contributed by atoms with Gasteiger partial charge in [-0.05, 0) is 36.4 Å². The van der Waals surface area contributed by atoms with Gasteiger partial charge in [0, 0.05) is 35.7 Å². The molecule has 0 unspecified atom stereocenters. The van der Waals surface area contributed by atoms with Crippen LogP contribution in [0.25, 0.3) is 11.8 Å². The Balaban J connectivity index is 2.05. The Labute approximate surface area is 193 Å². The summed E-state index contributed by atoms with van der Waals surface area (Å²) < 4.78 is 16.2. The minimum absolute atomic E-state index is 0.115. The number of nitro benzene ring substituents is 1. The number of nitro groups is 1. The second-order valence-electron chi connectivity index (χ2n) is 6.29. The summed E-state index contributed by atoms with van der Waals surface area (Å²) in [6, 6.07) is 9.98. The Kier molecular flexibility index (Phi) is 7.29. The first-order valence-corrected chi connectivity index (χ1v) is 9.79. The number of esters is 1. The van der Waals surface area contributed by atoms with Crippen molar-refractivity contribution >= 4 is 46.7 Å². The molecule has 8 nitrogen and oxygen atoms in total. The molecule has 2 aromatic carbocycles. The lowest BCUT2D eigenvalue weighted by molar-refractivity contribution is -0.384. The summed E-state index contributed by atoms with van der Waals surface area (Å²) >= 11 is 12.5. The van der Waals surface area contributed by atoms with E-state index in [1.165, 1.54) is 57.0 Å². The summed E-state index contributed by atoms with van der Waals surface area (Å²) in [7, 11) is 2.98. The fourth-order valence-corrected chi connectivity index (χ4v) is 3.20. The van der Waals surface area contributed by atoms with E-state index in [1.54, 1.807) is 18.2 Å². The third-order valence-corrected chi connectivity index (χ3v) is 4.95. The Morgan fingerprint density at radius 1 is 0.969 bits per heavy atom. The van der Waals surface area contributed by atoms with Crippen molar-refractivity contribution in [3.63, 3.8) is 0 Å². The van der Waals surface area contributed by atoms with Crippen LogP contribution in [0.2, 0.25) is 10.0 Å². The number of nitrogens with zero attached hydrogens (tertiary/aromatic N) is 2. The third kappa shape index (κ3) is 5.16. The van der Waals surface area contributed by atoms with Crippen molar-refractivity contribution in [2.24, 2.45) is 0 Å². The lowest BCUT2D eigenvalue weighted by Crippen LogP contribution is -2.05. The second-order valence-corrected chi connectivity index (χ2v) is 7.10. The van der Waals surface area contributed by atoms with E-state index in [1.807, 2.05) is 0 Å². The molecule has 0 saturated heterocycles. The molecule has 164 valence electrons. The van der Waals surface area contributed by atoms with Crippen LogP contribution in [-0.4, -0.2) is 30.1 Å². The topological polar surface area (TPSA) is 101 Å². The number of pyridine rings is 1. The molecule has 0 spiro atoms. The molecule has 0 atom stereocenters. The van der Waals surface area contributed by atoms with E-state index in [0.717, 1.165) is 0 Å². The maximum atomic E-state index is 12.8. The highest BCUT2D eigenvalue weighted by Gasteiger charge is 2.17. The van der Waals surface area contributed by atoms with Gasteiger partial charge in [-0.2, -0.15) is 0 Å². The third-order valence-electron chi connectivity index (χ3n) is 4.35. The Hall–Kier alpha value is -3.62. The number of carbonyl (C=O) groups is 1. The number of halogens is 2. The highest BCUT2D eigenvalue weighted by atomic mass is 35.5. The number of non-ortho nitro benzene ring substituents is 1. The zero-order valence-electron chi connectivity index (χ0n) is 16.9. The van der Waals surface area contributed by atoms with Crippen molar-refractivity contribution in [1.82, 2.24) is 4.98 Å². The zero-order chi connectivity index (χ0) is 23.3. The Morgan fingerprint density at radius 2 is 1.56 bits per heavy atom. The van der Waals surface area contributed by atoms with Crippen molar-refractivity contribution in [3.05, 3.63) is 91.7 Å². The van der Waals surface area contributed by atoms with Gasteiger partial charge in [0.15, 0.2) is 11.5 Å². The van der Waals surface area contributed by atoms with Crippen LogP contribution in [0, 0.1) is 10.1 Å². The van der Waals surface area contributed by atoms with E-state index in [9.17, 15) is 14.9 Å². The summed E-state index contributed by atoms with van der Waals surface area (Å²) in [5, 5.41) is 11.4. The minimum Gasteiger partial charge on any atom is -0.493 e. The molecule has 0 aliphatic rings. The molecule has 3 rings (SSSR count). The van der Waals surface area contributed by atoms with E-state index in [-0.39, 0.29) is 27.1 Å². The monoisotopic (exact) mass is 474 g/mol. The van der Waals surface area contributed by atoms with Crippen molar-refractivity contribution in [2.75, 3.05) is 14.2 Å². The molecule has 0 fully saturated rings. The first kappa shape index (κ1) is 23.1. The number of rotatable bonds is 7. The summed E-state index contributed by atoms with van der Waals surface area (Å²) in [5.74, 6) is 0.276. The molecule has 0 bridgehead atoms. The summed E-state index contributed by atoms with van der Waals surface area (Å²) in [4.78, 5) is 27.0. The van der Waals surface area contributed by atoms with Gasteiger partial charge in [-0.15, -0.1) is 0 Å². The van der Waals surface area contributed by atoms with Crippen molar-refractivity contribution in [3.8, 4) is 11.5 Å². The lowest BCUT2D eigenvalue weighted by Gasteiger charge is -2.13. The van der Waals surface area contributed by atoms with Gasteiger partial charge in [0.25, 0.3) is 5.69 Å². The average molecular weight is 475 g/mol. The van der Waals surface area contributed by atoms with Crippen LogP contribution >= 0.6 is 23.2 Å². The Bertz CT molecular complexity index is 1180. The quantitative estimate of drug-likeness (QED) is 0.188. The molecule has 3 aromatic rings. The van der Waals surface area contributed by atoms with Gasteiger partial charge in [0.1, 0.15) is 5.76 Å². The molecule has 32 heavy (non-hydrogen) atoms. The van der Waals surface area contributed by atoms with Crippen LogP contribution in [0.4, 0.5) is 5.69 Å². The number of hydrogen-bond acceptors (Lipinski definition) is 7. The predicted molar refractivity (Wildman–Crippen MR) is 120 cm³/mol. The number of benzene rings is 2. The normalized spacial score (nSPS) is 11.1. The van der Waals surface area contributed by atoms with Gasteiger partial charge in [-0.1, -0.05) is 23.2 Å². The standard InChI is InChI=1S/C22H16Cl2N2O6/c1-30-19-8-5-14(9-21(19)31-2)20(10-16-17(23)11-25-12-18(16)24)32-22(27)13-3-6-15(7-4-13)26(28)29/h3-12H,1-2H3/b20-10-. The van der Waals surface area contributed by atoms with Gasteiger partial charge in [0.2, 0.25) is 0 Å². The molecule has 0 radical (unpaired) electrons. The maximum Gasteiger partial charge on any atom is 0.343 e. The summed E-state index contributed by atoms with van der Waals surface area (Å²) in [6.45, 7) is 0. The van der Waals surface area contributed by atoms with Crippen molar-refractivity contribution < 1.29 is 23.9 Å². The molecule has 0 aliphatic heterocycles. The van der Waals surface area contributed by atoms with E-state index in [0.29, 0.717) is 22.6 Å². The molecule has 10 heteroatoms. The maximum absolute atomic E-state index is 12.8. The lowest BCUT2D eigenvalue weighted by atomic mass is 10.1. The first-order chi connectivity index (χ1) is 15.3. The highest BCUT2D eigenvalue weighted by Crippen LogP contribution is 2.34. The van der Waals surface area contributed by atoms with Crippen LogP contribution in [0.15, 0.2) is 54.9 Å². The smallest absolute Gasteiger partial charge is 0.343 e. The highest BCUT2D eigenvalue weighted by molar-refractivity contribution is 6.37. The molecule has 0 saturated carbocycles. The SMILES string of the molecule is COc1ccc(/C(=C/c2c(Cl)cncc2Cl)OC(=O)c2ccc([N+](=O)[O-])cc2)cc1OC. The number of aromatic nitrogens is 1. The molecule has 0 amide bonds. The predicted octanol–water partition coefficient (Wildman–Crippen LogP) is 5.67. The van der Waals surface area contributed by atoms with E-state index in [4.69, 9.17) is 37.4 Å². The number of methoxy groups -OCH3 is 2. The zero-order valence-corrected chi connectivity index (χ0v) is 18.4. The molecular weight excluding hydrogens is 459 g/mol. The van der Waals surface area contributed by atoms with Gasteiger partial charge < -0.3 is 14.2 Å². The van der Waals surface area contributed by atoms with Gasteiger partial charge >= 0.3 is 5.97 Å². The van der Waals surface area contributed by atoms with Gasteiger partial charge in [0.05, 0.1) is 34.8 Å². The van der Waals surface area contributed by atoms with Gasteiger partial charge in [-0.25, -0.2) is 4.79 Å². The van der Waals surface area contributed by atoms with E-state index < -0.39 is 10.9 Å². The summed E-state index contributed by atoms with van der Waals surface area (Å²) in [5.41, 5.74) is 0.841. The molecule has 0 aliphatic carbocycles. The van der Waals surface area contributed by atoms with Crippen LogP contribution in [0.3, 0.4) is 0 Å². The number of carbonyl (C=O) groups excluding carboxylic acids is 1. The second kappa shape index (κ2) is 10.1. The van der Waals surface area contributed by atoms with E-state index >= 15 is 0 Å². The largest absolute Gasteiger partial charge is 0.493 e. The van der Waals surface area contributed by atoms with Crippen molar-refractivity contribution in [1.29, 1.82) is 0 Å². The molecule has 1 heterocycles. The minimum atomic E-state index is -0.734. The van der Waals surface area contributed by atoms with Crippen LogP contribution in [0.5, 0.6) is 11.5 Å². The van der Waals surface area contributed by atoms with Crippen LogP contribution < -0.4 is 9.47 Å². The van der Waals surface area contributed by atoms with E-state index in [2.05, 4.69) is 4.98 Å². The van der Waals surface area contributed by atoms with Crippen molar-refractivity contribution in [2.45, 2.75) is 0 Å². The average Bonchev–Trinajstić information content (AvgIpc) is 2.80. The molecule has 0 N–H and O–H groups in total. The fraction of sp³-hybridized carbons (Fsp3) is 0.0909. The van der Waals surface area contributed by atoms with Crippen LogP contribution in [0.1, 0.15) is 21.5 Å². The molecular formula is C22H16Cl2N2O6. The first-order valence-electron chi connectivity index (χ1n) is 9.03. The summed E-state index contributed by atoms with van der Waals surface area (Å²) in [6.07, 6.45) is 4.31. The van der Waals surface area contributed by atoms with Crippen LogP contribution in [-0.2, 0) is 4.74 Å². The Morgan fingerprint density at radius 3 is 2.12 bits per heavy atom. The number of hydrogen-bond donors (Lipinski definition) is 0. The fourth-order valence-electron chi connectivity index (χ4n) is 2.73. The van der Waals surface area contributed by atoms with Gasteiger partial charge in [-0.3, -0.25) is 15.1 Å². The number of ether oxygens (including phenoxy) is 3. The molecule has 1 aromatic heterocycles.